The first-order valence-corrected chi connectivity index (χ1v) is 10.9. The van der Waals surface area contributed by atoms with E-state index in [0.717, 1.165) is 22.1 Å². The third-order valence-electron chi connectivity index (χ3n) is 4.33. The molecule has 0 unspecified atom stereocenters. The van der Waals surface area contributed by atoms with Crippen LogP contribution in [0.2, 0.25) is 10.0 Å². The van der Waals surface area contributed by atoms with Crippen molar-refractivity contribution in [3.8, 4) is 11.5 Å². The molecule has 0 aliphatic carbocycles. The van der Waals surface area contributed by atoms with E-state index in [1.54, 1.807) is 12.1 Å². The second-order valence-electron chi connectivity index (χ2n) is 6.40. The molecule has 1 N–H and O–H groups in total. The molecule has 3 aromatic rings. The topological polar surface area (TPSA) is 30.5 Å². The van der Waals surface area contributed by atoms with Crippen LogP contribution in [0.3, 0.4) is 0 Å². The van der Waals surface area contributed by atoms with E-state index in [0.29, 0.717) is 34.7 Å². The first-order valence-electron chi connectivity index (χ1n) is 9.34. The van der Waals surface area contributed by atoms with E-state index in [2.05, 4.69) is 33.4 Å². The normalized spacial score (nSPS) is 10.8. The average molecular weight is 495 g/mol. The summed E-state index contributed by atoms with van der Waals surface area (Å²) in [5, 5.41) is 4.62. The van der Waals surface area contributed by atoms with E-state index >= 15 is 0 Å². The fourth-order valence-corrected chi connectivity index (χ4v) is 3.82. The molecule has 29 heavy (non-hydrogen) atoms. The van der Waals surface area contributed by atoms with Crippen molar-refractivity contribution < 1.29 is 9.47 Å². The maximum absolute atomic E-state index is 6.25. The molecular weight excluding hydrogens is 473 g/mol. The first-order chi connectivity index (χ1) is 14.1. The Morgan fingerprint density at radius 1 is 0.862 bits per heavy atom. The summed E-state index contributed by atoms with van der Waals surface area (Å²) in [6.45, 7) is 4.25. The molecule has 0 bridgehead atoms. The lowest BCUT2D eigenvalue weighted by atomic mass is 10.1. The molecule has 0 heterocycles. The van der Waals surface area contributed by atoms with E-state index in [1.807, 2.05) is 43.3 Å². The molecule has 0 atom stereocenters. The molecular formula is C23H22BrCl2NO2. The van der Waals surface area contributed by atoms with Gasteiger partial charge in [-0.05, 0) is 42.3 Å². The summed E-state index contributed by atoms with van der Waals surface area (Å²) in [6, 6.07) is 19.6. The van der Waals surface area contributed by atoms with Gasteiger partial charge in [0.2, 0.25) is 0 Å². The molecule has 0 saturated heterocycles. The lowest BCUT2D eigenvalue weighted by Gasteiger charge is -2.16. The Kier molecular flexibility index (Phi) is 8.25. The van der Waals surface area contributed by atoms with E-state index in [4.69, 9.17) is 32.7 Å². The summed E-state index contributed by atoms with van der Waals surface area (Å²) in [5.74, 6) is 1.33. The predicted octanol–water partition coefficient (Wildman–Crippen LogP) is 7.02. The minimum atomic E-state index is 0.261. The smallest absolute Gasteiger partial charge is 0.162 e. The zero-order chi connectivity index (χ0) is 20.6. The maximum Gasteiger partial charge on any atom is 0.162 e. The number of halogens is 3. The van der Waals surface area contributed by atoms with Gasteiger partial charge in [-0.15, -0.1) is 0 Å². The van der Waals surface area contributed by atoms with Crippen LogP contribution in [0.15, 0.2) is 65.1 Å². The standard InChI is InChI=1S/C23H22BrCl2NO2/c1-2-28-22-11-17(14-27-13-16-7-4-3-5-8-16)19(24)12-23(22)29-15-18-20(25)9-6-10-21(18)26/h3-12,27H,2,13-15H2,1H3. The van der Waals surface area contributed by atoms with Gasteiger partial charge in [0.1, 0.15) is 6.61 Å². The molecule has 3 aromatic carbocycles. The maximum atomic E-state index is 6.25. The number of rotatable bonds is 9. The number of ether oxygens (including phenoxy) is 2. The summed E-state index contributed by atoms with van der Waals surface area (Å²) < 4.78 is 12.8. The van der Waals surface area contributed by atoms with Gasteiger partial charge >= 0.3 is 0 Å². The third kappa shape index (κ3) is 6.13. The molecule has 0 spiro atoms. The van der Waals surface area contributed by atoms with Gasteiger partial charge in [-0.3, -0.25) is 0 Å². The Hall–Kier alpha value is -1.72. The highest BCUT2D eigenvalue weighted by Gasteiger charge is 2.13. The van der Waals surface area contributed by atoms with Crippen LogP contribution in [0.4, 0.5) is 0 Å². The largest absolute Gasteiger partial charge is 0.490 e. The Labute approximate surface area is 190 Å². The molecule has 0 aliphatic heterocycles. The van der Waals surface area contributed by atoms with Gasteiger partial charge in [0, 0.05) is 33.2 Å². The quantitative estimate of drug-likeness (QED) is 0.346. The van der Waals surface area contributed by atoms with Crippen LogP contribution < -0.4 is 14.8 Å². The fourth-order valence-electron chi connectivity index (χ4n) is 2.85. The van der Waals surface area contributed by atoms with Crippen molar-refractivity contribution in [2.45, 2.75) is 26.6 Å². The van der Waals surface area contributed by atoms with Gasteiger partial charge < -0.3 is 14.8 Å². The molecule has 0 aliphatic rings. The van der Waals surface area contributed by atoms with Gasteiger partial charge in [0.25, 0.3) is 0 Å². The van der Waals surface area contributed by atoms with Crippen LogP contribution in [0.5, 0.6) is 11.5 Å². The Morgan fingerprint density at radius 3 is 2.24 bits per heavy atom. The minimum absolute atomic E-state index is 0.261. The van der Waals surface area contributed by atoms with Crippen molar-refractivity contribution in [1.82, 2.24) is 5.32 Å². The van der Waals surface area contributed by atoms with E-state index in [1.165, 1.54) is 5.56 Å². The number of hydrogen-bond donors (Lipinski definition) is 1. The predicted molar refractivity (Wildman–Crippen MR) is 123 cm³/mol. The first kappa shape index (κ1) is 22.0. The summed E-state index contributed by atoms with van der Waals surface area (Å²) in [4.78, 5) is 0. The van der Waals surface area contributed by atoms with Crippen LogP contribution in [-0.2, 0) is 19.7 Å². The van der Waals surface area contributed by atoms with Gasteiger partial charge in [-0.1, -0.05) is 75.5 Å². The molecule has 0 radical (unpaired) electrons. The van der Waals surface area contributed by atoms with E-state index in [9.17, 15) is 0 Å². The summed E-state index contributed by atoms with van der Waals surface area (Å²) in [7, 11) is 0. The molecule has 0 aromatic heterocycles. The van der Waals surface area contributed by atoms with Gasteiger partial charge in [0.15, 0.2) is 11.5 Å². The van der Waals surface area contributed by atoms with Crippen molar-refractivity contribution in [1.29, 1.82) is 0 Å². The van der Waals surface area contributed by atoms with Crippen molar-refractivity contribution >= 4 is 39.1 Å². The highest BCUT2D eigenvalue weighted by Crippen LogP contribution is 2.35. The molecule has 3 nitrogen and oxygen atoms in total. The minimum Gasteiger partial charge on any atom is -0.490 e. The monoisotopic (exact) mass is 493 g/mol. The van der Waals surface area contributed by atoms with E-state index in [-0.39, 0.29) is 6.61 Å². The highest BCUT2D eigenvalue weighted by atomic mass is 79.9. The van der Waals surface area contributed by atoms with Crippen molar-refractivity contribution in [2.24, 2.45) is 0 Å². The molecule has 0 amide bonds. The average Bonchev–Trinajstić information content (AvgIpc) is 2.71. The van der Waals surface area contributed by atoms with E-state index < -0.39 is 0 Å². The summed E-state index contributed by atoms with van der Waals surface area (Å²) >= 11 is 16.1. The van der Waals surface area contributed by atoms with Gasteiger partial charge in [-0.25, -0.2) is 0 Å². The zero-order valence-electron chi connectivity index (χ0n) is 16.1. The van der Waals surface area contributed by atoms with Crippen molar-refractivity contribution in [3.05, 3.63) is 91.9 Å². The molecule has 152 valence electrons. The number of benzene rings is 3. The van der Waals surface area contributed by atoms with Gasteiger partial charge in [-0.2, -0.15) is 0 Å². The lowest BCUT2D eigenvalue weighted by Crippen LogP contribution is -2.13. The van der Waals surface area contributed by atoms with Crippen LogP contribution in [0.1, 0.15) is 23.6 Å². The Bertz CT molecular complexity index is 931. The van der Waals surface area contributed by atoms with Crippen LogP contribution in [-0.4, -0.2) is 6.61 Å². The summed E-state index contributed by atoms with van der Waals surface area (Å²) in [6.07, 6.45) is 0. The Balaban J connectivity index is 1.71. The second kappa shape index (κ2) is 10.9. The van der Waals surface area contributed by atoms with Crippen LogP contribution in [0.25, 0.3) is 0 Å². The molecule has 0 fully saturated rings. The van der Waals surface area contributed by atoms with Crippen molar-refractivity contribution in [2.75, 3.05) is 6.61 Å². The lowest BCUT2D eigenvalue weighted by molar-refractivity contribution is 0.269. The fraction of sp³-hybridized carbons (Fsp3) is 0.217. The highest BCUT2D eigenvalue weighted by molar-refractivity contribution is 9.10. The number of hydrogen-bond acceptors (Lipinski definition) is 3. The van der Waals surface area contributed by atoms with Crippen molar-refractivity contribution in [3.63, 3.8) is 0 Å². The zero-order valence-corrected chi connectivity index (χ0v) is 19.2. The SMILES string of the molecule is CCOc1cc(CNCc2ccccc2)c(Br)cc1OCc1c(Cl)cccc1Cl. The Morgan fingerprint density at radius 2 is 1.55 bits per heavy atom. The molecule has 6 heteroatoms. The molecule has 3 rings (SSSR count). The third-order valence-corrected chi connectivity index (χ3v) is 5.78. The van der Waals surface area contributed by atoms with Crippen LogP contribution >= 0.6 is 39.1 Å². The second-order valence-corrected chi connectivity index (χ2v) is 8.07. The number of nitrogens with one attached hydrogen (secondary N) is 1. The van der Waals surface area contributed by atoms with Gasteiger partial charge in [0.05, 0.1) is 6.61 Å². The molecule has 0 saturated carbocycles. The summed E-state index contributed by atoms with van der Waals surface area (Å²) in [5.41, 5.74) is 3.08. The van der Waals surface area contributed by atoms with Crippen LogP contribution in [0, 0.1) is 0 Å².